The lowest BCUT2D eigenvalue weighted by Gasteiger charge is -2.39. The van der Waals surface area contributed by atoms with Crippen LogP contribution in [0.25, 0.3) is 0 Å². The molecule has 2 heterocycles. The number of likely N-dealkylation sites (tertiary alicyclic amines) is 2. The molecular formula is C17H33Cl2N3O. The van der Waals surface area contributed by atoms with Crippen molar-refractivity contribution < 1.29 is 4.79 Å². The third-order valence-electron chi connectivity index (χ3n) is 5.93. The minimum absolute atomic E-state index is 0. The highest BCUT2D eigenvalue weighted by molar-refractivity contribution is 5.85. The fourth-order valence-corrected chi connectivity index (χ4v) is 4.51. The third kappa shape index (κ3) is 4.75. The first-order chi connectivity index (χ1) is 10.1. The lowest BCUT2D eigenvalue weighted by Crippen LogP contribution is -2.53. The van der Waals surface area contributed by atoms with E-state index in [1.807, 2.05) is 0 Å². The van der Waals surface area contributed by atoms with Crippen LogP contribution in [0.3, 0.4) is 0 Å². The summed E-state index contributed by atoms with van der Waals surface area (Å²) in [5.74, 6) is 0.380. The van der Waals surface area contributed by atoms with Crippen molar-refractivity contribution in [1.82, 2.24) is 9.80 Å². The van der Waals surface area contributed by atoms with E-state index >= 15 is 0 Å². The average molecular weight is 366 g/mol. The molecule has 2 N–H and O–H groups in total. The number of nitrogens with two attached hydrogens (primary N) is 1. The standard InChI is InChI=1S/C17H31N3O.2ClH/c1-17(18)9-4-3-7-15(17)16(21)20-12-8-14(13-20)19-10-5-2-6-11-19;;/h14-15H,2-13,18H2,1H3;2*1H. The first kappa shape index (κ1) is 21.0. The van der Waals surface area contributed by atoms with Gasteiger partial charge in [0, 0.05) is 24.7 Å². The lowest BCUT2D eigenvalue weighted by molar-refractivity contribution is -0.138. The van der Waals surface area contributed by atoms with Crippen molar-refractivity contribution in [3.63, 3.8) is 0 Å². The van der Waals surface area contributed by atoms with Gasteiger partial charge < -0.3 is 10.6 Å². The molecule has 136 valence electrons. The predicted octanol–water partition coefficient (Wildman–Crippen LogP) is 2.82. The van der Waals surface area contributed by atoms with Gasteiger partial charge in [-0.15, -0.1) is 24.8 Å². The van der Waals surface area contributed by atoms with Gasteiger partial charge in [-0.2, -0.15) is 0 Å². The Morgan fingerprint density at radius 1 is 1.00 bits per heavy atom. The summed E-state index contributed by atoms with van der Waals surface area (Å²) in [7, 11) is 0. The summed E-state index contributed by atoms with van der Waals surface area (Å²) in [5, 5.41) is 0. The van der Waals surface area contributed by atoms with Crippen molar-refractivity contribution in [3.8, 4) is 0 Å². The number of nitrogens with zero attached hydrogens (tertiary/aromatic N) is 2. The van der Waals surface area contributed by atoms with Crippen LogP contribution in [0.5, 0.6) is 0 Å². The molecule has 0 radical (unpaired) electrons. The maximum Gasteiger partial charge on any atom is 0.227 e. The normalized spacial score (nSPS) is 35.3. The van der Waals surface area contributed by atoms with Crippen LogP contribution in [0.2, 0.25) is 0 Å². The summed E-state index contributed by atoms with van der Waals surface area (Å²) in [5.41, 5.74) is 6.12. The van der Waals surface area contributed by atoms with Crippen molar-refractivity contribution >= 4 is 30.7 Å². The molecule has 0 bridgehead atoms. The van der Waals surface area contributed by atoms with Gasteiger partial charge in [0.1, 0.15) is 0 Å². The molecule has 3 unspecified atom stereocenters. The number of piperidine rings is 1. The predicted molar refractivity (Wildman–Crippen MR) is 99.5 cm³/mol. The van der Waals surface area contributed by atoms with E-state index in [-0.39, 0.29) is 36.3 Å². The SMILES string of the molecule is CC1(N)CCCCC1C(=O)N1CCC(N2CCCCC2)C1.Cl.Cl. The molecule has 3 aliphatic rings. The van der Waals surface area contributed by atoms with Crippen LogP contribution >= 0.6 is 24.8 Å². The molecule has 1 aliphatic carbocycles. The smallest absolute Gasteiger partial charge is 0.227 e. The second kappa shape index (κ2) is 8.89. The van der Waals surface area contributed by atoms with Gasteiger partial charge in [-0.3, -0.25) is 9.69 Å². The Balaban J connectivity index is 0.00000132. The van der Waals surface area contributed by atoms with E-state index in [1.54, 1.807) is 0 Å². The number of hydrogen-bond donors (Lipinski definition) is 1. The quantitative estimate of drug-likeness (QED) is 0.818. The van der Waals surface area contributed by atoms with Gasteiger partial charge >= 0.3 is 0 Å². The summed E-state index contributed by atoms with van der Waals surface area (Å²) < 4.78 is 0. The van der Waals surface area contributed by atoms with E-state index in [4.69, 9.17) is 5.73 Å². The van der Waals surface area contributed by atoms with Gasteiger partial charge in [0.15, 0.2) is 0 Å². The molecule has 3 atom stereocenters. The Labute approximate surface area is 153 Å². The molecule has 3 rings (SSSR count). The minimum atomic E-state index is -0.293. The van der Waals surface area contributed by atoms with E-state index < -0.39 is 0 Å². The average Bonchev–Trinajstić information content (AvgIpc) is 2.97. The first-order valence-corrected chi connectivity index (χ1v) is 8.90. The third-order valence-corrected chi connectivity index (χ3v) is 5.93. The molecule has 0 aromatic rings. The Morgan fingerprint density at radius 2 is 1.70 bits per heavy atom. The number of amides is 1. The Kier molecular flexibility index (Phi) is 8.12. The van der Waals surface area contributed by atoms with E-state index in [2.05, 4.69) is 16.7 Å². The number of hydrogen-bond acceptors (Lipinski definition) is 3. The molecule has 6 heteroatoms. The van der Waals surface area contributed by atoms with Gasteiger partial charge in [-0.1, -0.05) is 19.3 Å². The van der Waals surface area contributed by atoms with Gasteiger partial charge in [-0.05, 0) is 52.1 Å². The minimum Gasteiger partial charge on any atom is -0.341 e. The number of carbonyl (C=O) groups excluding carboxylic acids is 1. The van der Waals surface area contributed by atoms with Gasteiger partial charge in [0.25, 0.3) is 0 Å². The van der Waals surface area contributed by atoms with E-state index in [9.17, 15) is 4.79 Å². The molecule has 1 amide bonds. The maximum atomic E-state index is 12.9. The maximum absolute atomic E-state index is 12.9. The second-order valence-electron chi connectivity index (χ2n) is 7.63. The molecule has 0 aromatic carbocycles. The molecule has 0 spiro atoms. The highest BCUT2D eigenvalue weighted by Gasteiger charge is 2.42. The van der Waals surface area contributed by atoms with E-state index in [0.717, 1.165) is 38.8 Å². The lowest BCUT2D eigenvalue weighted by atomic mass is 9.74. The zero-order valence-electron chi connectivity index (χ0n) is 14.3. The van der Waals surface area contributed by atoms with Crippen molar-refractivity contribution in [3.05, 3.63) is 0 Å². The highest BCUT2D eigenvalue weighted by Crippen LogP contribution is 2.34. The Bertz CT molecular complexity index is 386. The molecule has 3 fully saturated rings. The zero-order valence-corrected chi connectivity index (χ0v) is 16.0. The summed E-state index contributed by atoms with van der Waals surface area (Å²) in [6.07, 6.45) is 9.49. The molecule has 4 nitrogen and oxygen atoms in total. The zero-order chi connectivity index (χ0) is 14.9. The Morgan fingerprint density at radius 3 is 2.35 bits per heavy atom. The number of rotatable bonds is 2. The van der Waals surface area contributed by atoms with Crippen molar-refractivity contribution in [2.45, 2.75) is 69.9 Å². The molecule has 1 saturated carbocycles. The van der Waals surface area contributed by atoms with Crippen molar-refractivity contribution in [1.29, 1.82) is 0 Å². The summed E-state index contributed by atoms with van der Waals surface area (Å²) in [6.45, 7) is 6.40. The van der Waals surface area contributed by atoms with Crippen molar-refractivity contribution in [2.75, 3.05) is 26.2 Å². The van der Waals surface area contributed by atoms with E-state index in [1.165, 1.54) is 38.8 Å². The molecule has 2 saturated heterocycles. The van der Waals surface area contributed by atoms with E-state index in [0.29, 0.717) is 11.9 Å². The van der Waals surface area contributed by atoms with Crippen LogP contribution in [0.15, 0.2) is 0 Å². The van der Waals surface area contributed by atoms with Crippen molar-refractivity contribution in [2.24, 2.45) is 11.7 Å². The van der Waals surface area contributed by atoms with Gasteiger partial charge in [0.2, 0.25) is 5.91 Å². The van der Waals surface area contributed by atoms with Crippen LogP contribution in [0, 0.1) is 5.92 Å². The summed E-state index contributed by atoms with van der Waals surface area (Å²) >= 11 is 0. The summed E-state index contributed by atoms with van der Waals surface area (Å²) in [6, 6.07) is 0.599. The van der Waals surface area contributed by atoms with Gasteiger partial charge in [0.05, 0.1) is 5.92 Å². The molecule has 23 heavy (non-hydrogen) atoms. The summed E-state index contributed by atoms with van der Waals surface area (Å²) in [4.78, 5) is 17.6. The monoisotopic (exact) mass is 365 g/mol. The van der Waals surface area contributed by atoms with Gasteiger partial charge in [-0.25, -0.2) is 0 Å². The van der Waals surface area contributed by atoms with Crippen LogP contribution in [0.4, 0.5) is 0 Å². The topological polar surface area (TPSA) is 49.6 Å². The number of halogens is 2. The fraction of sp³-hybridized carbons (Fsp3) is 0.941. The van der Waals surface area contributed by atoms with Crippen LogP contribution in [-0.2, 0) is 4.79 Å². The van der Waals surface area contributed by atoms with Crippen LogP contribution in [-0.4, -0.2) is 53.5 Å². The molecular weight excluding hydrogens is 333 g/mol. The largest absolute Gasteiger partial charge is 0.341 e. The van der Waals surface area contributed by atoms with Crippen LogP contribution < -0.4 is 5.73 Å². The molecule has 2 aliphatic heterocycles. The second-order valence-corrected chi connectivity index (χ2v) is 7.63. The highest BCUT2D eigenvalue weighted by atomic mass is 35.5. The molecule has 0 aromatic heterocycles. The van der Waals surface area contributed by atoms with Crippen LogP contribution in [0.1, 0.15) is 58.3 Å². The fourth-order valence-electron chi connectivity index (χ4n) is 4.51. The first-order valence-electron chi connectivity index (χ1n) is 8.90. The number of carbonyl (C=O) groups is 1. The Hall–Kier alpha value is -0.0300.